The number of aryl methyl sites for hydroxylation is 1. The minimum Gasteiger partial charge on any atom is -0.394 e. The van der Waals surface area contributed by atoms with E-state index in [1.807, 2.05) is 7.05 Å². The van der Waals surface area contributed by atoms with E-state index in [-0.39, 0.29) is 11.3 Å². The maximum atomic E-state index is 12.9. The van der Waals surface area contributed by atoms with Crippen molar-refractivity contribution in [1.29, 1.82) is 0 Å². The van der Waals surface area contributed by atoms with Crippen LogP contribution >= 0.6 is 0 Å². The molecule has 5 nitrogen and oxygen atoms in total. The van der Waals surface area contributed by atoms with Crippen molar-refractivity contribution in [3.8, 4) is 0 Å². The summed E-state index contributed by atoms with van der Waals surface area (Å²) < 4.78 is 1.65. The number of nitrogens with zero attached hydrogens (tertiary/aromatic N) is 2. The van der Waals surface area contributed by atoms with Gasteiger partial charge in [-0.05, 0) is 56.3 Å². The van der Waals surface area contributed by atoms with Gasteiger partial charge in [-0.25, -0.2) is 0 Å². The van der Waals surface area contributed by atoms with Crippen molar-refractivity contribution < 1.29 is 4.79 Å². The van der Waals surface area contributed by atoms with Gasteiger partial charge in [-0.2, -0.15) is 5.10 Å². The van der Waals surface area contributed by atoms with Crippen LogP contribution in [0.15, 0.2) is 6.20 Å². The van der Waals surface area contributed by atoms with Crippen molar-refractivity contribution in [2.75, 3.05) is 11.1 Å². The van der Waals surface area contributed by atoms with E-state index in [0.717, 1.165) is 37.0 Å². The van der Waals surface area contributed by atoms with Crippen LogP contribution in [0.1, 0.15) is 38.5 Å². The summed E-state index contributed by atoms with van der Waals surface area (Å²) in [7, 11) is 1.81. The number of hydrogen-bond donors (Lipinski definition) is 2. The first-order chi connectivity index (χ1) is 9.56. The van der Waals surface area contributed by atoms with E-state index in [9.17, 15) is 4.79 Å². The fourth-order valence-corrected chi connectivity index (χ4v) is 5.24. The van der Waals surface area contributed by atoms with Crippen molar-refractivity contribution >= 4 is 17.4 Å². The molecule has 4 aliphatic carbocycles. The van der Waals surface area contributed by atoms with Gasteiger partial charge in [0.1, 0.15) is 0 Å². The van der Waals surface area contributed by atoms with Gasteiger partial charge in [-0.15, -0.1) is 0 Å². The Hall–Kier alpha value is -1.52. The van der Waals surface area contributed by atoms with Crippen LogP contribution < -0.4 is 11.1 Å². The van der Waals surface area contributed by atoms with E-state index in [1.165, 1.54) is 19.3 Å². The average Bonchev–Trinajstić information content (AvgIpc) is 2.69. The normalized spacial score (nSPS) is 38.1. The number of hydrogen-bond acceptors (Lipinski definition) is 3. The van der Waals surface area contributed by atoms with E-state index < -0.39 is 0 Å². The van der Waals surface area contributed by atoms with Crippen molar-refractivity contribution in [2.24, 2.45) is 30.2 Å². The first kappa shape index (κ1) is 12.2. The summed E-state index contributed by atoms with van der Waals surface area (Å²) >= 11 is 0. The van der Waals surface area contributed by atoms with Gasteiger partial charge in [-0.1, -0.05) is 0 Å². The molecule has 1 amide bonds. The predicted octanol–water partition coefficient (Wildman–Crippen LogP) is 2.16. The third kappa shape index (κ3) is 1.68. The molecule has 1 aromatic rings. The smallest absolute Gasteiger partial charge is 0.231 e. The summed E-state index contributed by atoms with van der Waals surface area (Å²) in [6.45, 7) is 0. The Morgan fingerprint density at radius 2 is 1.85 bits per heavy atom. The van der Waals surface area contributed by atoms with Gasteiger partial charge < -0.3 is 11.1 Å². The molecule has 4 saturated carbocycles. The molecule has 0 aliphatic heterocycles. The number of anilines is 2. The fraction of sp³-hybridized carbons (Fsp3) is 0.733. The largest absolute Gasteiger partial charge is 0.394 e. The number of carbonyl (C=O) groups excluding carboxylic acids is 1. The number of nitrogens with one attached hydrogen (secondary N) is 1. The average molecular weight is 274 g/mol. The molecule has 4 bridgehead atoms. The van der Waals surface area contributed by atoms with E-state index in [0.29, 0.717) is 11.5 Å². The van der Waals surface area contributed by atoms with Gasteiger partial charge in [0.05, 0.1) is 17.3 Å². The maximum absolute atomic E-state index is 12.9. The number of nitrogens with two attached hydrogens (primary N) is 1. The summed E-state index contributed by atoms with van der Waals surface area (Å²) in [6.07, 6.45) is 8.85. The van der Waals surface area contributed by atoms with Gasteiger partial charge >= 0.3 is 0 Å². The standard InChI is InChI=1S/C15H22N4O/c1-19-13(12(16)8-17-19)18-14(20)15-5-9-2-10(6-15)4-11(3-9)7-15/h8-11H,2-7,16H2,1H3,(H,18,20). The van der Waals surface area contributed by atoms with Crippen molar-refractivity contribution in [2.45, 2.75) is 38.5 Å². The number of amides is 1. The zero-order valence-electron chi connectivity index (χ0n) is 11.9. The molecule has 3 N–H and O–H groups in total. The highest BCUT2D eigenvalue weighted by Crippen LogP contribution is 2.60. The van der Waals surface area contributed by atoms with Crippen molar-refractivity contribution in [3.05, 3.63) is 6.20 Å². The molecule has 5 heteroatoms. The number of nitrogen functional groups attached to an aromatic ring is 1. The van der Waals surface area contributed by atoms with Gasteiger partial charge in [0.25, 0.3) is 0 Å². The van der Waals surface area contributed by atoms with Crippen molar-refractivity contribution in [3.63, 3.8) is 0 Å². The molecule has 0 spiro atoms. The zero-order valence-corrected chi connectivity index (χ0v) is 11.9. The highest BCUT2D eigenvalue weighted by atomic mass is 16.2. The molecule has 0 unspecified atom stereocenters. The Bertz CT molecular complexity index is 507. The molecule has 0 atom stereocenters. The second kappa shape index (κ2) is 3.99. The van der Waals surface area contributed by atoms with Gasteiger partial charge in [-0.3, -0.25) is 9.48 Å². The summed E-state index contributed by atoms with van der Waals surface area (Å²) in [5.41, 5.74) is 6.30. The van der Waals surface area contributed by atoms with Crippen LogP contribution in [0.3, 0.4) is 0 Å². The van der Waals surface area contributed by atoms with Crippen LogP contribution in [0.25, 0.3) is 0 Å². The molecule has 5 rings (SSSR count). The van der Waals surface area contributed by atoms with Gasteiger partial charge in [0.15, 0.2) is 5.82 Å². The lowest BCUT2D eigenvalue weighted by Crippen LogP contribution is -2.51. The second-order valence-corrected chi connectivity index (χ2v) is 7.22. The lowest BCUT2D eigenvalue weighted by Gasteiger charge is -2.55. The summed E-state index contributed by atoms with van der Waals surface area (Å²) in [4.78, 5) is 12.9. The predicted molar refractivity (Wildman–Crippen MR) is 76.9 cm³/mol. The van der Waals surface area contributed by atoms with E-state index in [4.69, 9.17) is 5.73 Å². The van der Waals surface area contributed by atoms with E-state index in [1.54, 1.807) is 10.9 Å². The van der Waals surface area contributed by atoms with Crippen LogP contribution in [0.5, 0.6) is 0 Å². The van der Waals surface area contributed by atoms with Gasteiger partial charge in [0.2, 0.25) is 5.91 Å². The van der Waals surface area contributed by atoms with Crippen LogP contribution in [0, 0.1) is 23.2 Å². The molecule has 4 fully saturated rings. The van der Waals surface area contributed by atoms with E-state index in [2.05, 4.69) is 10.4 Å². The first-order valence-electron chi connectivity index (χ1n) is 7.65. The second-order valence-electron chi connectivity index (χ2n) is 7.22. The number of aromatic nitrogens is 2. The highest BCUT2D eigenvalue weighted by molar-refractivity contribution is 5.97. The molecule has 108 valence electrons. The lowest BCUT2D eigenvalue weighted by molar-refractivity contribution is -0.140. The van der Waals surface area contributed by atoms with Crippen LogP contribution in [0.4, 0.5) is 11.5 Å². The van der Waals surface area contributed by atoms with E-state index >= 15 is 0 Å². The molecular weight excluding hydrogens is 252 g/mol. The molecule has 0 radical (unpaired) electrons. The number of rotatable bonds is 2. The molecule has 0 saturated heterocycles. The summed E-state index contributed by atoms with van der Waals surface area (Å²) in [5.74, 6) is 3.14. The van der Waals surface area contributed by atoms with Crippen LogP contribution in [0.2, 0.25) is 0 Å². The minimum atomic E-state index is -0.133. The monoisotopic (exact) mass is 274 g/mol. The molecule has 4 aliphatic rings. The lowest BCUT2D eigenvalue weighted by atomic mass is 9.49. The first-order valence-corrected chi connectivity index (χ1v) is 7.65. The minimum absolute atomic E-state index is 0.133. The Morgan fingerprint density at radius 3 is 2.30 bits per heavy atom. The molecular formula is C15H22N4O. The van der Waals surface area contributed by atoms with Crippen LogP contribution in [-0.2, 0) is 11.8 Å². The molecule has 1 aromatic heterocycles. The highest BCUT2D eigenvalue weighted by Gasteiger charge is 2.54. The maximum Gasteiger partial charge on any atom is 0.231 e. The molecule has 0 aromatic carbocycles. The molecule has 1 heterocycles. The summed E-state index contributed by atoms with van der Waals surface area (Å²) in [6, 6.07) is 0. The Morgan fingerprint density at radius 1 is 1.30 bits per heavy atom. The molecule has 20 heavy (non-hydrogen) atoms. The van der Waals surface area contributed by atoms with Gasteiger partial charge in [0, 0.05) is 7.05 Å². The van der Waals surface area contributed by atoms with Crippen molar-refractivity contribution in [1.82, 2.24) is 9.78 Å². The Labute approximate surface area is 118 Å². The third-order valence-electron chi connectivity index (χ3n) is 5.72. The third-order valence-corrected chi connectivity index (χ3v) is 5.72. The Balaban J connectivity index is 1.59. The zero-order chi connectivity index (χ0) is 13.9. The quantitative estimate of drug-likeness (QED) is 0.868. The fourth-order valence-electron chi connectivity index (χ4n) is 5.24. The summed E-state index contributed by atoms with van der Waals surface area (Å²) in [5, 5.41) is 7.14. The van der Waals surface area contributed by atoms with Crippen LogP contribution in [-0.4, -0.2) is 15.7 Å². The Kier molecular flexibility index (Phi) is 2.44. The SMILES string of the molecule is Cn1ncc(N)c1NC(=O)C12CC3CC(CC(C3)C1)C2. The topological polar surface area (TPSA) is 72.9 Å². The number of carbonyl (C=O) groups is 1.